The second-order valence-electron chi connectivity index (χ2n) is 4.36. The minimum atomic E-state index is 0.295. The van der Waals surface area contributed by atoms with Crippen LogP contribution in [0.25, 0.3) is 0 Å². The molecule has 1 atom stereocenters. The van der Waals surface area contributed by atoms with E-state index in [-0.39, 0.29) is 0 Å². The fourth-order valence-corrected chi connectivity index (χ4v) is 3.89. The largest absolute Gasteiger partial charge is 0.363 e. The fourth-order valence-electron chi connectivity index (χ4n) is 2.34. The van der Waals surface area contributed by atoms with E-state index in [4.69, 9.17) is 23.2 Å². The van der Waals surface area contributed by atoms with Crippen molar-refractivity contribution in [3.05, 3.63) is 44.2 Å². The summed E-state index contributed by atoms with van der Waals surface area (Å²) in [5.41, 5.74) is 1.32. The molecule has 18 heavy (non-hydrogen) atoms. The first-order valence-corrected chi connectivity index (χ1v) is 7.47. The van der Waals surface area contributed by atoms with Gasteiger partial charge in [-0.15, -0.1) is 11.3 Å². The Morgan fingerprint density at radius 2 is 2.22 bits per heavy atom. The molecule has 1 aliphatic carbocycles. The molecule has 0 saturated heterocycles. The van der Waals surface area contributed by atoms with Crippen LogP contribution in [-0.2, 0) is 6.42 Å². The molecule has 0 fully saturated rings. The summed E-state index contributed by atoms with van der Waals surface area (Å²) in [5.74, 6) is 0.822. The Hall–Kier alpha value is -0.770. The number of nitrogens with one attached hydrogen (secondary N) is 1. The average molecular weight is 299 g/mol. The minimum Gasteiger partial charge on any atom is -0.363 e. The molecule has 3 rings (SSSR count). The Morgan fingerprint density at radius 3 is 3.06 bits per heavy atom. The summed E-state index contributed by atoms with van der Waals surface area (Å²) in [4.78, 5) is 5.67. The first kappa shape index (κ1) is 12.3. The molecule has 0 bridgehead atoms. The van der Waals surface area contributed by atoms with Crippen LogP contribution in [0, 0.1) is 0 Å². The maximum absolute atomic E-state index is 6.10. The molecule has 1 N–H and O–H groups in total. The van der Waals surface area contributed by atoms with E-state index in [0.29, 0.717) is 11.2 Å². The Bertz CT molecular complexity index is 568. The molecule has 2 aromatic heterocycles. The predicted molar refractivity (Wildman–Crippen MR) is 77.9 cm³/mol. The Kier molecular flexibility index (Phi) is 3.46. The molecule has 1 aliphatic rings. The highest BCUT2D eigenvalue weighted by molar-refractivity contribution is 7.16. The van der Waals surface area contributed by atoms with Crippen molar-refractivity contribution in [3.8, 4) is 0 Å². The molecule has 2 aromatic rings. The summed E-state index contributed by atoms with van der Waals surface area (Å²) in [6.07, 6.45) is 3.42. The van der Waals surface area contributed by atoms with E-state index in [0.717, 1.165) is 23.0 Å². The van der Waals surface area contributed by atoms with E-state index < -0.39 is 0 Å². The number of anilines is 1. The maximum atomic E-state index is 6.10. The number of hydrogen-bond acceptors (Lipinski definition) is 3. The van der Waals surface area contributed by atoms with Crippen molar-refractivity contribution in [1.82, 2.24) is 4.98 Å². The van der Waals surface area contributed by atoms with Crippen LogP contribution < -0.4 is 5.32 Å². The summed E-state index contributed by atoms with van der Waals surface area (Å²) in [6, 6.07) is 7.99. The summed E-state index contributed by atoms with van der Waals surface area (Å²) in [5, 5.41) is 3.96. The summed E-state index contributed by atoms with van der Waals surface area (Å²) in [6.45, 7) is 0. The van der Waals surface area contributed by atoms with Crippen LogP contribution >= 0.6 is 34.5 Å². The van der Waals surface area contributed by atoms with Crippen LogP contribution in [0.1, 0.15) is 29.3 Å². The highest BCUT2D eigenvalue weighted by Crippen LogP contribution is 2.39. The molecule has 2 heterocycles. The highest BCUT2D eigenvalue weighted by atomic mass is 35.5. The Morgan fingerprint density at radius 1 is 1.33 bits per heavy atom. The van der Waals surface area contributed by atoms with Crippen molar-refractivity contribution in [2.75, 3.05) is 5.32 Å². The summed E-state index contributed by atoms with van der Waals surface area (Å²) >= 11 is 13.7. The summed E-state index contributed by atoms with van der Waals surface area (Å²) < 4.78 is 0.868. The van der Waals surface area contributed by atoms with Crippen LogP contribution in [0.2, 0.25) is 9.49 Å². The third-order valence-electron chi connectivity index (χ3n) is 3.12. The van der Waals surface area contributed by atoms with E-state index in [1.807, 2.05) is 12.1 Å². The normalized spacial score (nSPS) is 18.4. The second kappa shape index (κ2) is 5.08. The molecule has 1 unspecified atom stereocenters. The van der Waals surface area contributed by atoms with Gasteiger partial charge in [0.2, 0.25) is 0 Å². The lowest BCUT2D eigenvalue weighted by Crippen LogP contribution is -2.16. The summed E-state index contributed by atoms with van der Waals surface area (Å²) in [7, 11) is 0. The van der Waals surface area contributed by atoms with Crippen LogP contribution in [0.4, 0.5) is 5.82 Å². The van der Waals surface area contributed by atoms with Crippen molar-refractivity contribution in [3.63, 3.8) is 0 Å². The van der Waals surface area contributed by atoms with E-state index in [9.17, 15) is 0 Å². The standard InChI is InChI=1S/C13H12Cl2N2S/c14-11-5-2-6-13(17-11)16-9-3-1-4-10-8(9)7-12(15)18-10/h2,5-7,9H,1,3-4H2,(H,16,17). The Labute approximate surface area is 120 Å². The van der Waals surface area contributed by atoms with Gasteiger partial charge in [0.15, 0.2) is 0 Å². The van der Waals surface area contributed by atoms with Gasteiger partial charge in [0.25, 0.3) is 0 Å². The number of rotatable bonds is 2. The van der Waals surface area contributed by atoms with Crippen molar-refractivity contribution in [2.24, 2.45) is 0 Å². The zero-order valence-corrected chi connectivity index (χ0v) is 11.9. The first-order valence-electron chi connectivity index (χ1n) is 5.89. The van der Waals surface area contributed by atoms with Gasteiger partial charge in [-0.05, 0) is 43.0 Å². The topological polar surface area (TPSA) is 24.9 Å². The van der Waals surface area contributed by atoms with E-state index in [1.54, 1.807) is 17.4 Å². The SMILES string of the molecule is Clc1cccc(NC2CCCc3sc(Cl)cc32)n1. The number of pyridine rings is 1. The van der Waals surface area contributed by atoms with Crippen molar-refractivity contribution in [1.29, 1.82) is 0 Å². The number of aryl methyl sites for hydroxylation is 1. The molecular formula is C13H12Cl2N2S. The highest BCUT2D eigenvalue weighted by Gasteiger charge is 2.22. The van der Waals surface area contributed by atoms with Crippen LogP contribution in [0.5, 0.6) is 0 Å². The molecule has 0 aromatic carbocycles. The molecular weight excluding hydrogens is 287 g/mol. The van der Waals surface area contributed by atoms with Gasteiger partial charge in [-0.25, -0.2) is 4.98 Å². The number of halogens is 2. The van der Waals surface area contributed by atoms with Gasteiger partial charge in [0, 0.05) is 4.88 Å². The minimum absolute atomic E-state index is 0.295. The molecule has 2 nitrogen and oxygen atoms in total. The first-order chi connectivity index (χ1) is 8.72. The Balaban J connectivity index is 1.86. The second-order valence-corrected chi connectivity index (χ2v) is 6.52. The third-order valence-corrected chi connectivity index (χ3v) is 4.67. The van der Waals surface area contributed by atoms with E-state index in [2.05, 4.69) is 16.4 Å². The zero-order chi connectivity index (χ0) is 12.5. The van der Waals surface area contributed by atoms with Gasteiger partial charge in [0.1, 0.15) is 11.0 Å². The van der Waals surface area contributed by atoms with Gasteiger partial charge >= 0.3 is 0 Å². The number of fused-ring (bicyclic) bond motifs is 1. The lowest BCUT2D eigenvalue weighted by atomic mass is 9.94. The van der Waals surface area contributed by atoms with Crippen LogP contribution in [-0.4, -0.2) is 4.98 Å². The van der Waals surface area contributed by atoms with E-state index >= 15 is 0 Å². The van der Waals surface area contributed by atoms with Gasteiger partial charge in [-0.1, -0.05) is 29.3 Å². The quantitative estimate of drug-likeness (QED) is 0.794. The number of nitrogens with zero attached hydrogens (tertiary/aromatic N) is 1. The molecule has 0 spiro atoms. The van der Waals surface area contributed by atoms with E-state index in [1.165, 1.54) is 16.9 Å². The zero-order valence-electron chi connectivity index (χ0n) is 9.62. The number of hydrogen-bond donors (Lipinski definition) is 1. The molecule has 0 amide bonds. The van der Waals surface area contributed by atoms with Gasteiger partial charge < -0.3 is 5.32 Å². The van der Waals surface area contributed by atoms with Gasteiger partial charge in [0.05, 0.1) is 10.4 Å². The fraction of sp³-hybridized carbons (Fsp3) is 0.308. The smallest absolute Gasteiger partial charge is 0.131 e. The van der Waals surface area contributed by atoms with Gasteiger partial charge in [-0.2, -0.15) is 0 Å². The third kappa shape index (κ3) is 2.48. The lowest BCUT2D eigenvalue weighted by molar-refractivity contribution is 0.607. The number of aromatic nitrogens is 1. The average Bonchev–Trinajstić information content (AvgIpc) is 2.71. The number of thiophene rings is 1. The van der Waals surface area contributed by atoms with Crippen molar-refractivity contribution in [2.45, 2.75) is 25.3 Å². The van der Waals surface area contributed by atoms with Gasteiger partial charge in [-0.3, -0.25) is 0 Å². The lowest BCUT2D eigenvalue weighted by Gasteiger charge is -2.24. The predicted octanol–water partition coefficient (Wildman–Crippen LogP) is 4.94. The molecule has 94 valence electrons. The van der Waals surface area contributed by atoms with Crippen LogP contribution in [0.15, 0.2) is 24.3 Å². The molecule has 0 saturated carbocycles. The van der Waals surface area contributed by atoms with Crippen molar-refractivity contribution < 1.29 is 0 Å². The maximum Gasteiger partial charge on any atom is 0.131 e. The molecule has 0 aliphatic heterocycles. The monoisotopic (exact) mass is 298 g/mol. The van der Waals surface area contributed by atoms with Crippen molar-refractivity contribution >= 4 is 40.4 Å². The molecule has 5 heteroatoms. The molecule has 0 radical (unpaired) electrons. The van der Waals surface area contributed by atoms with Crippen LogP contribution in [0.3, 0.4) is 0 Å².